The molecule has 2 aromatic carbocycles. The predicted molar refractivity (Wildman–Crippen MR) is 223 cm³/mol. The van der Waals surface area contributed by atoms with Gasteiger partial charge in [-0.05, 0) is 91.8 Å². The number of nitrogens with one attached hydrogen (secondary N) is 1. The number of ether oxygens (including phenoxy) is 4. The number of rotatable bonds is 12. The van der Waals surface area contributed by atoms with Gasteiger partial charge in [-0.3, -0.25) is 14.6 Å². The summed E-state index contributed by atoms with van der Waals surface area (Å²) in [6, 6.07) is 11.5. The van der Waals surface area contributed by atoms with E-state index in [1.165, 1.54) is 11.1 Å². The van der Waals surface area contributed by atoms with Crippen LogP contribution in [-0.4, -0.2) is 128 Å². The van der Waals surface area contributed by atoms with E-state index in [4.69, 9.17) is 30.5 Å². The van der Waals surface area contributed by atoms with E-state index in [0.717, 1.165) is 82.2 Å². The highest BCUT2D eigenvalue weighted by molar-refractivity contribution is 7.90. The van der Waals surface area contributed by atoms with Gasteiger partial charge in [0.05, 0.1) is 37.4 Å². The molecule has 2 fully saturated rings. The summed E-state index contributed by atoms with van der Waals surface area (Å²) in [5.41, 5.74) is 3.00. The highest BCUT2D eigenvalue weighted by Crippen LogP contribution is 2.47. The Bertz CT molecular complexity index is 1770. The summed E-state index contributed by atoms with van der Waals surface area (Å²) in [6.45, 7) is 15.1. The quantitative estimate of drug-likeness (QED) is 0.202. The van der Waals surface area contributed by atoms with Gasteiger partial charge in [0.1, 0.15) is 11.4 Å². The zero-order chi connectivity index (χ0) is 39.9. The van der Waals surface area contributed by atoms with Crippen LogP contribution in [0.1, 0.15) is 73.9 Å². The van der Waals surface area contributed by atoms with Crippen LogP contribution in [-0.2, 0) is 30.7 Å². The number of piperazine rings is 1. The van der Waals surface area contributed by atoms with Crippen molar-refractivity contribution in [2.45, 2.75) is 69.6 Å². The normalized spacial score (nSPS) is 29.4. The van der Waals surface area contributed by atoms with Gasteiger partial charge in [-0.15, -0.1) is 0 Å². The lowest BCUT2D eigenvalue weighted by molar-refractivity contribution is -0.0957. The molecule has 6 rings (SSSR count). The lowest BCUT2D eigenvalue weighted by atomic mass is 9.63. The SMILES string of the molecule is CCCc1cc(Cl)ccc1[C@@H]1COc2ccc3cc2N(C1)C[C@@H]1CC[C@H]1[C@@](CN1CCN(CCOCCOC)CC1)(OC)/C=C/C[C@H](C)[C@@H](C)S(=O)(=O)NC3=O. The number of sulfonamides is 1. The van der Waals surface area contributed by atoms with Crippen LogP contribution in [0.25, 0.3) is 0 Å². The Hall–Kier alpha value is -2.71. The van der Waals surface area contributed by atoms with Gasteiger partial charge >= 0.3 is 0 Å². The number of anilines is 1. The van der Waals surface area contributed by atoms with Crippen LogP contribution >= 0.6 is 11.6 Å². The van der Waals surface area contributed by atoms with Crippen molar-refractivity contribution in [2.75, 3.05) is 97.9 Å². The fourth-order valence-corrected chi connectivity index (χ4v) is 10.4. The first kappa shape index (κ1) is 42.9. The minimum atomic E-state index is -3.97. The van der Waals surface area contributed by atoms with Gasteiger partial charge < -0.3 is 23.8 Å². The van der Waals surface area contributed by atoms with Gasteiger partial charge in [0.25, 0.3) is 5.91 Å². The van der Waals surface area contributed by atoms with E-state index in [9.17, 15) is 13.2 Å². The molecule has 56 heavy (non-hydrogen) atoms. The molecule has 6 atom stereocenters. The molecule has 0 radical (unpaired) electrons. The maximum absolute atomic E-state index is 13.6. The van der Waals surface area contributed by atoms with Crippen LogP contribution < -0.4 is 14.4 Å². The summed E-state index contributed by atoms with van der Waals surface area (Å²) in [6.07, 6.45) is 8.92. The fourth-order valence-electron chi connectivity index (χ4n) is 8.97. The third-order valence-electron chi connectivity index (χ3n) is 12.7. The molecule has 2 bridgehead atoms. The third-order valence-corrected chi connectivity index (χ3v) is 14.9. The van der Waals surface area contributed by atoms with Crippen LogP contribution in [0, 0.1) is 17.8 Å². The van der Waals surface area contributed by atoms with E-state index < -0.39 is 26.8 Å². The van der Waals surface area contributed by atoms with Crippen molar-refractivity contribution in [3.8, 4) is 5.75 Å². The number of hydrogen-bond donors (Lipinski definition) is 1. The first-order valence-electron chi connectivity index (χ1n) is 20.6. The molecule has 4 aliphatic rings. The van der Waals surface area contributed by atoms with Crippen molar-refractivity contribution < 1.29 is 32.2 Å². The lowest BCUT2D eigenvalue weighted by Crippen LogP contribution is -2.58. The largest absolute Gasteiger partial charge is 0.491 e. The minimum absolute atomic E-state index is 0.0547. The first-order chi connectivity index (χ1) is 27.0. The van der Waals surface area contributed by atoms with E-state index in [2.05, 4.69) is 50.6 Å². The zero-order valence-electron chi connectivity index (χ0n) is 34.0. The van der Waals surface area contributed by atoms with Crippen LogP contribution in [0.2, 0.25) is 5.02 Å². The predicted octanol–water partition coefficient (Wildman–Crippen LogP) is 6.01. The molecular formula is C43H63ClN4O7S. The summed E-state index contributed by atoms with van der Waals surface area (Å²) in [5.74, 6) is 0.445. The highest BCUT2D eigenvalue weighted by atomic mass is 35.5. The lowest BCUT2D eigenvalue weighted by Gasteiger charge is -2.52. The van der Waals surface area contributed by atoms with Crippen molar-refractivity contribution in [3.05, 3.63) is 70.3 Å². The maximum atomic E-state index is 13.6. The topological polar surface area (TPSA) is 110 Å². The third kappa shape index (κ3) is 10.1. The monoisotopic (exact) mass is 814 g/mol. The number of amides is 1. The van der Waals surface area contributed by atoms with Crippen LogP contribution in [0.5, 0.6) is 5.75 Å². The number of methoxy groups -OCH3 is 2. The minimum Gasteiger partial charge on any atom is -0.491 e. The van der Waals surface area contributed by atoms with Crippen molar-refractivity contribution in [1.29, 1.82) is 0 Å². The van der Waals surface area contributed by atoms with E-state index in [0.29, 0.717) is 56.6 Å². The van der Waals surface area contributed by atoms with Crippen LogP contribution in [0.3, 0.4) is 0 Å². The maximum Gasteiger partial charge on any atom is 0.264 e. The molecule has 11 nitrogen and oxygen atoms in total. The van der Waals surface area contributed by atoms with Gasteiger partial charge in [-0.25, -0.2) is 13.1 Å². The number of halogens is 1. The second kappa shape index (κ2) is 19.4. The Morgan fingerprint density at radius 3 is 2.48 bits per heavy atom. The summed E-state index contributed by atoms with van der Waals surface area (Å²) >= 11 is 6.50. The van der Waals surface area contributed by atoms with Crippen molar-refractivity contribution in [1.82, 2.24) is 14.5 Å². The molecule has 0 spiro atoms. The molecule has 310 valence electrons. The number of carbonyl (C=O) groups is 1. The molecule has 2 aromatic rings. The Morgan fingerprint density at radius 2 is 1.77 bits per heavy atom. The number of fused-ring (bicyclic) bond motifs is 2. The molecule has 0 unspecified atom stereocenters. The molecule has 3 aliphatic heterocycles. The smallest absolute Gasteiger partial charge is 0.264 e. The standard InChI is InChI=1S/C43H63ClN4O7S/c1-6-8-33-25-37(44)12-13-38(33)36-28-48-27-35-10-14-39(35)43(53-5,30-47-19-17-46(18-20-47)21-22-54-24-23-52-4)16-7-9-31(2)32(3)56(50,51)45-42(49)34-11-15-41(55-29-36)40(48)26-34/h7,11-13,15-16,25-26,31-32,35-36,39H,6,8-10,14,17-24,27-30H2,1-5H3,(H,45,49)/b16-7+/t31-,32+,35-,36-,39+,43+/m0/s1. The number of hydrogen-bond acceptors (Lipinski definition) is 10. The number of aryl methyl sites for hydroxylation is 1. The van der Waals surface area contributed by atoms with Gasteiger partial charge in [0.15, 0.2) is 0 Å². The Labute approximate surface area is 340 Å². The molecule has 1 aliphatic carbocycles. The van der Waals surface area contributed by atoms with Gasteiger partial charge in [0, 0.05) is 83.1 Å². The highest BCUT2D eigenvalue weighted by Gasteiger charge is 2.48. The number of carbonyl (C=O) groups excluding carboxylic acids is 1. The Morgan fingerprint density at radius 1 is 0.982 bits per heavy atom. The molecule has 1 amide bonds. The summed E-state index contributed by atoms with van der Waals surface area (Å²) in [5, 5.41) is -0.0638. The first-order valence-corrected chi connectivity index (χ1v) is 22.5. The van der Waals surface area contributed by atoms with Gasteiger partial charge in [-0.1, -0.05) is 50.1 Å². The number of nitrogens with zero attached hydrogens (tertiary/aromatic N) is 3. The molecule has 1 saturated heterocycles. The Kier molecular flexibility index (Phi) is 14.8. The molecule has 13 heteroatoms. The molecule has 1 saturated carbocycles. The summed E-state index contributed by atoms with van der Waals surface area (Å²) in [7, 11) is -0.440. The molecule has 3 heterocycles. The van der Waals surface area contributed by atoms with Crippen molar-refractivity contribution in [3.63, 3.8) is 0 Å². The second-order valence-electron chi connectivity index (χ2n) is 16.3. The van der Waals surface area contributed by atoms with Gasteiger partial charge in [-0.2, -0.15) is 0 Å². The number of allylic oxidation sites excluding steroid dienone is 1. The van der Waals surface area contributed by atoms with E-state index in [1.54, 1.807) is 20.1 Å². The fraction of sp³-hybridized carbons (Fsp3) is 0.651. The van der Waals surface area contributed by atoms with Crippen LogP contribution in [0.4, 0.5) is 5.69 Å². The molecule has 1 N–H and O–H groups in total. The van der Waals surface area contributed by atoms with E-state index in [1.807, 2.05) is 32.2 Å². The van der Waals surface area contributed by atoms with Gasteiger partial charge in [0.2, 0.25) is 10.0 Å². The average Bonchev–Trinajstić information content (AvgIpc) is 3.35. The average molecular weight is 816 g/mol. The van der Waals surface area contributed by atoms with E-state index >= 15 is 0 Å². The Balaban J connectivity index is 1.32. The van der Waals surface area contributed by atoms with Crippen LogP contribution in [0.15, 0.2) is 48.6 Å². The van der Waals surface area contributed by atoms with Crippen molar-refractivity contribution >= 4 is 33.2 Å². The summed E-state index contributed by atoms with van der Waals surface area (Å²) in [4.78, 5) is 21.0. The van der Waals surface area contributed by atoms with Crippen molar-refractivity contribution in [2.24, 2.45) is 17.8 Å². The summed E-state index contributed by atoms with van der Waals surface area (Å²) < 4.78 is 53.7. The zero-order valence-corrected chi connectivity index (χ0v) is 35.6. The van der Waals surface area contributed by atoms with E-state index in [-0.39, 0.29) is 17.8 Å². The number of benzene rings is 2. The molecular weight excluding hydrogens is 752 g/mol. The molecule has 0 aromatic heterocycles. The second-order valence-corrected chi connectivity index (χ2v) is 18.8.